The van der Waals surface area contributed by atoms with Crippen molar-refractivity contribution < 1.29 is 5.11 Å². The van der Waals surface area contributed by atoms with E-state index < -0.39 is 5.60 Å². The molecule has 1 nitrogen and oxygen atoms in total. The van der Waals surface area contributed by atoms with E-state index in [2.05, 4.69) is 12.1 Å². The fourth-order valence-corrected chi connectivity index (χ4v) is 1.92. The molecule has 2 rings (SSSR count). The first-order valence-electron chi connectivity index (χ1n) is 5.49. The lowest BCUT2D eigenvalue weighted by Crippen LogP contribution is -2.17. The van der Waals surface area contributed by atoms with Crippen LogP contribution in [0.15, 0.2) is 54.6 Å². The lowest BCUT2D eigenvalue weighted by molar-refractivity contribution is 0.111. The fourth-order valence-electron chi connectivity index (χ4n) is 1.92. The summed E-state index contributed by atoms with van der Waals surface area (Å²) in [6.07, 6.45) is 3.67. The zero-order valence-electron chi connectivity index (χ0n) is 9.64. The van der Waals surface area contributed by atoms with Crippen molar-refractivity contribution in [1.29, 1.82) is 0 Å². The van der Waals surface area contributed by atoms with Gasteiger partial charge in [0.2, 0.25) is 0 Å². The third-order valence-corrected chi connectivity index (χ3v) is 2.83. The average Bonchev–Trinajstić information content (AvgIpc) is 2.28. The smallest absolute Gasteiger partial charge is 0.105 e. The highest BCUT2D eigenvalue weighted by molar-refractivity contribution is 5.83. The summed E-state index contributed by atoms with van der Waals surface area (Å²) in [5.41, 5.74) is 0.0306. The standard InChI is InChI=1S/C15H16O/c1-3-10-15(2,16)14-9-8-12-6-4-5-7-13(12)11-14/h3-11,16H,1-2H3/b10-3+. The van der Waals surface area contributed by atoms with Gasteiger partial charge in [-0.05, 0) is 36.2 Å². The molecule has 0 aromatic heterocycles. The number of hydrogen-bond acceptors (Lipinski definition) is 1. The molecule has 0 fully saturated rings. The van der Waals surface area contributed by atoms with Gasteiger partial charge in [-0.1, -0.05) is 48.6 Å². The highest BCUT2D eigenvalue weighted by Gasteiger charge is 2.18. The summed E-state index contributed by atoms with van der Waals surface area (Å²) >= 11 is 0. The summed E-state index contributed by atoms with van der Waals surface area (Å²) in [7, 11) is 0. The van der Waals surface area contributed by atoms with Crippen LogP contribution < -0.4 is 0 Å². The quantitative estimate of drug-likeness (QED) is 0.754. The maximum Gasteiger partial charge on any atom is 0.105 e. The minimum Gasteiger partial charge on any atom is -0.381 e. The molecule has 2 aromatic carbocycles. The Kier molecular flexibility index (Phi) is 2.80. The van der Waals surface area contributed by atoms with Crippen LogP contribution in [0.3, 0.4) is 0 Å². The Bertz CT molecular complexity index is 524. The van der Waals surface area contributed by atoms with Crippen molar-refractivity contribution in [2.45, 2.75) is 19.4 Å². The minimum absolute atomic E-state index is 0.890. The molecule has 0 aliphatic heterocycles. The molecule has 0 aliphatic carbocycles. The largest absolute Gasteiger partial charge is 0.381 e. The molecule has 0 bridgehead atoms. The van der Waals surface area contributed by atoms with E-state index in [1.54, 1.807) is 13.0 Å². The summed E-state index contributed by atoms with van der Waals surface area (Å²) in [4.78, 5) is 0. The van der Waals surface area contributed by atoms with Crippen LogP contribution in [-0.2, 0) is 5.60 Å². The van der Waals surface area contributed by atoms with Crippen LogP contribution in [-0.4, -0.2) is 5.11 Å². The lowest BCUT2D eigenvalue weighted by atomic mass is 9.93. The second kappa shape index (κ2) is 4.11. The van der Waals surface area contributed by atoms with Crippen molar-refractivity contribution in [2.75, 3.05) is 0 Å². The van der Waals surface area contributed by atoms with Crippen LogP contribution in [0.5, 0.6) is 0 Å². The predicted octanol–water partition coefficient (Wildman–Crippen LogP) is 3.62. The first-order valence-corrected chi connectivity index (χ1v) is 5.49. The van der Waals surface area contributed by atoms with Crippen LogP contribution in [0.1, 0.15) is 19.4 Å². The van der Waals surface area contributed by atoms with Gasteiger partial charge in [-0.25, -0.2) is 0 Å². The highest BCUT2D eigenvalue weighted by Crippen LogP contribution is 2.25. The van der Waals surface area contributed by atoms with E-state index in [-0.39, 0.29) is 0 Å². The van der Waals surface area contributed by atoms with Gasteiger partial charge in [0.1, 0.15) is 5.60 Å². The molecule has 2 aromatic rings. The Morgan fingerprint density at radius 1 is 1.06 bits per heavy atom. The Morgan fingerprint density at radius 2 is 1.75 bits per heavy atom. The van der Waals surface area contributed by atoms with Crippen molar-refractivity contribution in [3.8, 4) is 0 Å². The number of fused-ring (bicyclic) bond motifs is 1. The van der Waals surface area contributed by atoms with Crippen LogP contribution in [0.25, 0.3) is 10.8 Å². The SMILES string of the molecule is C/C=C/C(C)(O)c1ccc2ccccc2c1. The third-order valence-electron chi connectivity index (χ3n) is 2.83. The van der Waals surface area contributed by atoms with Gasteiger partial charge in [-0.2, -0.15) is 0 Å². The Morgan fingerprint density at radius 3 is 2.44 bits per heavy atom. The van der Waals surface area contributed by atoms with Crippen LogP contribution in [0.4, 0.5) is 0 Å². The molecule has 16 heavy (non-hydrogen) atoms. The van der Waals surface area contributed by atoms with Gasteiger partial charge in [0.25, 0.3) is 0 Å². The molecule has 0 saturated carbocycles. The number of benzene rings is 2. The number of hydrogen-bond donors (Lipinski definition) is 1. The summed E-state index contributed by atoms with van der Waals surface area (Å²) in [6.45, 7) is 3.71. The van der Waals surface area contributed by atoms with Crippen molar-refractivity contribution in [3.05, 3.63) is 60.2 Å². The van der Waals surface area contributed by atoms with E-state index in [1.807, 2.05) is 43.3 Å². The Balaban J connectivity index is 2.55. The summed E-state index contributed by atoms with van der Waals surface area (Å²) in [6, 6.07) is 14.2. The Hall–Kier alpha value is -1.60. The maximum absolute atomic E-state index is 10.3. The monoisotopic (exact) mass is 212 g/mol. The molecule has 0 heterocycles. The fraction of sp³-hybridized carbons (Fsp3) is 0.200. The number of allylic oxidation sites excluding steroid dienone is 1. The van der Waals surface area contributed by atoms with Gasteiger partial charge in [-0.3, -0.25) is 0 Å². The van der Waals surface area contributed by atoms with Crippen LogP contribution in [0, 0.1) is 0 Å². The molecule has 0 radical (unpaired) electrons. The van der Waals surface area contributed by atoms with Gasteiger partial charge >= 0.3 is 0 Å². The maximum atomic E-state index is 10.3. The molecule has 0 aliphatic rings. The molecule has 0 spiro atoms. The van der Waals surface area contributed by atoms with Crippen molar-refractivity contribution in [2.24, 2.45) is 0 Å². The van der Waals surface area contributed by atoms with Crippen molar-refractivity contribution in [1.82, 2.24) is 0 Å². The minimum atomic E-state index is -0.890. The van der Waals surface area contributed by atoms with Gasteiger partial charge in [-0.15, -0.1) is 0 Å². The molecular formula is C15H16O. The van der Waals surface area contributed by atoms with Crippen LogP contribution in [0.2, 0.25) is 0 Å². The molecule has 1 heteroatoms. The molecular weight excluding hydrogens is 196 g/mol. The molecule has 1 atom stereocenters. The van der Waals surface area contributed by atoms with E-state index in [0.717, 1.165) is 10.9 Å². The van der Waals surface area contributed by atoms with E-state index in [0.29, 0.717) is 0 Å². The zero-order chi connectivity index (χ0) is 11.6. The van der Waals surface area contributed by atoms with Gasteiger partial charge in [0, 0.05) is 0 Å². The normalized spacial score (nSPS) is 15.4. The van der Waals surface area contributed by atoms with Crippen molar-refractivity contribution >= 4 is 10.8 Å². The molecule has 82 valence electrons. The Labute approximate surface area is 96.0 Å². The van der Waals surface area contributed by atoms with E-state index >= 15 is 0 Å². The lowest BCUT2D eigenvalue weighted by Gasteiger charge is -2.20. The zero-order valence-corrected chi connectivity index (χ0v) is 9.64. The molecule has 0 saturated heterocycles. The first-order chi connectivity index (χ1) is 7.63. The van der Waals surface area contributed by atoms with Crippen molar-refractivity contribution in [3.63, 3.8) is 0 Å². The van der Waals surface area contributed by atoms with Gasteiger partial charge in [0.05, 0.1) is 0 Å². The second-order valence-corrected chi connectivity index (χ2v) is 4.21. The third kappa shape index (κ3) is 2.00. The molecule has 0 amide bonds. The molecule has 1 N–H and O–H groups in total. The summed E-state index contributed by atoms with van der Waals surface area (Å²) < 4.78 is 0. The summed E-state index contributed by atoms with van der Waals surface area (Å²) in [5, 5.41) is 12.6. The topological polar surface area (TPSA) is 20.2 Å². The number of aliphatic hydroxyl groups is 1. The number of rotatable bonds is 2. The van der Waals surface area contributed by atoms with Gasteiger partial charge in [0.15, 0.2) is 0 Å². The van der Waals surface area contributed by atoms with E-state index in [9.17, 15) is 5.11 Å². The predicted molar refractivity (Wildman–Crippen MR) is 68.3 cm³/mol. The molecule has 1 unspecified atom stereocenters. The van der Waals surface area contributed by atoms with Gasteiger partial charge < -0.3 is 5.11 Å². The van der Waals surface area contributed by atoms with E-state index in [4.69, 9.17) is 0 Å². The average molecular weight is 212 g/mol. The first kappa shape index (κ1) is 10.9. The van der Waals surface area contributed by atoms with Crippen LogP contribution >= 0.6 is 0 Å². The highest BCUT2D eigenvalue weighted by atomic mass is 16.3. The van der Waals surface area contributed by atoms with E-state index in [1.165, 1.54) is 5.39 Å². The second-order valence-electron chi connectivity index (χ2n) is 4.21. The summed E-state index contributed by atoms with van der Waals surface area (Å²) in [5.74, 6) is 0.